The summed E-state index contributed by atoms with van der Waals surface area (Å²) in [6.07, 6.45) is 19.9. The molecule has 164 valence electrons. The van der Waals surface area contributed by atoms with Gasteiger partial charge in [-0.05, 0) is 86.0 Å². The molecule has 0 aliphatic heterocycles. The fourth-order valence-corrected chi connectivity index (χ4v) is 4.35. The van der Waals surface area contributed by atoms with Crippen molar-refractivity contribution >= 4 is 0 Å². The van der Waals surface area contributed by atoms with E-state index in [0.717, 1.165) is 37.7 Å². The van der Waals surface area contributed by atoms with E-state index >= 15 is 0 Å². The number of hydrogen-bond donors (Lipinski definition) is 0. The van der Waals surface area contributed by atoms with Crippen LogP contribution in [0.2, 0.25) is 0 Å². The minimum atomic E-state index is 0.664. The van der Waals surface area contributed by atoms with E-state index in [2.05, 4.69) is 86.3 Å². The molecule has 0 heterocycles. The first-order chi connectivity index (χ1) is 15.3. The molecule has 2 aromatic rings. The summed E-state index contributed by atoms with van der Waals surface area (Å²) in [5, 5.41) is 0. The van der Waals surface area contributed by atoms with Gasteiger partial charge >= 0.3 is 0 Å². The molecule has 31 heavy (non-hydrogen) atoms. The van der Waals surface area contributed by atoms with Gasteiger partial charge in [-0.25, -0.2) is 0 Å². The molecule has 0 aromatic heterocycles. The third-order valence-electron chi connectivity index (χ3n) is 6.27. The van der Waals surface area contributed by atoms with Crippen molar-refractivity contribution in [2.45, 2.75) is 58.5 Å². The largest absolute Gasteiger partial charge is 0.376 e. The zero-order valence-electron chi connectivity index (χ0n) is 19.1. The molecule has 2 aromatic carbocycles. The summed E-state index contributed by atoms with van der Waals surface area (Å²) >= 11 is 0. The SMILES string of the molecule is C=CCCOCc1ccc(-c2ccc(CC/C=C/C3CCC(/C=C\C)CC3)cc2)cc1. The first kappa shape index (κ1) is 23.3. The topological polar surface area (TPSA) is 9.23 Å². The van der Waals surface area contributed by atoms with E-state index in [1.807, 2.05) is 6.08 Å². The van der Waals surface area contributed by atoms with Crippen LogP contribution < -0.4 is 0 Å². The fraction of sp³-hybridized carbons (Fsp3) is 0.400. The van der Waals surface area contributed by atoms with E-state index in [0.29, 0.717) is 6.61 Å². The van der Waals surface area contributed by atoms with Crippen molar-refractivity contribution in [3.63, 3.8) is 0 Å². The van der Waals surface area contributed by atoms with Gasteiger partial charge in [-0.1, -0.05) is 78.9 Å². The third kappa shape index (κ3) is 7.99. The molecule has 1 nitrogen and oxygen atoms in total. The Morgan fingerprint density at radius 3 is 1.97 bits per heavy atom. The fourth-order valence-electron chi connectivity index (χ4n) is 4.35. The van der Waals surface area contributed by atoms with Crippen LogP contribution >= 0.6 is 0 Å². The number of aryl methyl sites for hydroxylation is 1. The lowest BCUT2D eigenvalue weighted by Gasteiger charge is -2.24. The van der Waals surface area contributed by atoms with Crippen molar-refractivity contribution in [2.24, 2.45) is 11.8 Å². The van der Waals surface area contributed by atoms with Crippen molar-refractivity contribution in [3.8, 4) is 11.1 Å². The first-order valence-electron chi connectivity index (χ1n) is 11.9. The van der Waals surface area contributed by atoms with Crippen LogP contribution in [-0.4, -0.2) is 6.61 Å². The number of allylic oxidation sites excluding steroid dienone is 4. The minimum Gasteiger partial charge on any atom is -0.376 e. The Labute approximate surface area is 189 Å². The quantitative estimate of drug-likeness (QED) is 0.265. The molecular formula is C30H38O. The molecule has 1 aliphatic carbocycles. The van der Waals surface area contributed by atoms with E-state index in [1.165, 1.54) is 47.9 Å². The summed E-state index contributed by atoms with van der Waals surface area (Å²) in [6.45, 7) is 7.26. The summed E-state index contributed by atoms with van der Waals surface area (Å²) in [7, 11) is 0. The molecule has 0 amide bonds. The highest BCUT2D eigenvalue weighted by Gasteiger charge is 2.16. The normalized spacial score (nSPS) is 19.3. The molecule has 1 saturated carbocycles. The summed E-state index contributed by atoms with van der Waals surface area (Å²) in [6, 6.07) is 17.7. The van der Waals surface area contributed by atoms with Crippen LogP contribution in [0.4, 0.5) is 0 Å². The van der Waals surface area contributed by atoms with Crippen LogP contribution in [0.25, 0.3) is 11.1 Å². The van der Waals surface area contributed by atoms with Gasteiger partial charge < -0.3 is 4.74 Å². The van der Waals surface area contributed by atoms with Crippen molar-refractivity contribution in [2.75, 3.05) is 6.61 Å². The smallest absolute Gasteiger partial charge is 0.0717 e. The maximum Gasteiger partial charge on any atom is 0.0717 e. The second kappa shape index (κ2) is 13.1. The van der Waals surface area contributed by atoms with E-state index in [9.17, 15) is 0 Å². The molecule has 1 heteroatoms. The Kier molecular flexibility index (Phi) is 9.86. The number of benzene rings is 2. The molecular weight excluding hydrogens is 376 g/mol. The second-order valence-electron chi connectivity index (χ2n) is 8.69. The standard InChI is InChI=1S/C30H38O/c1-3-5-23-31-24-28-17-21-30(22-18-28)29-19-15-27(16-20-29)10-7-6-9-26-13-11-25(8-4-2)12-14-26/h3-4,6,8-9,15-22,25-26H,1,5,7,10-14,23-24H2,2H3/b8-4-,9-6+. The first-order valence-corrected chi connectivity index (χ1v) is 11.9. The molecule has 0 atom stereocenters. The van der Waals surface area contributed by atoms with Crippen LogP contribution in [0.1, 0.15) is 56.6 Å². The molecule has 0 N–H and O–H groups in total. The predicted molar refractivity (Wildman–Crippen MR) is 134 cm³/mol. The second-order valence-corrected chi connectivity index (χ2v) is 8.69. The van der Waals surface area contributed by atoms with E-state index in [4.69, 9.17) is 4.74 Å². The minimum absolute atomic E-state index is 0.664. The Morgan fingerprint density at radius 2 is 1.39 bits per heavy atom. The predicted octanol–water partition coefficient (Wildman–Crippen LogP) is 8.32. The van der Waals surface area contributed by atoms with Gasteiger partial charge in [0.1, 0.15) is 0 Å². The number of rotatable bonds is 11. The van der Waals surface area contributed by atoms with Crippen LogP contribution in [0.3, 0.4) is 0 Å². The molecule has 0 bridgehead atoms. The maximum absolute atomic E-state index is 5.64. The van der Waals surface area contributed by atoms with Gasteiger partial charge in [-0.3, -0.25) is 0 Å². The lowest BCUT2D eigenvalue weighted by molar-refractivity contribution is 0.125. The lowest BCUT2D eigenvalue weighted by atomic mass is 9.81. The van der Waals surface area contributed by atoms with Gasteiger partial charge in [-0.2, -0.15) is 0 Å². The van der Waals surface area contributed by atoms with Gasteiger partial charge in [0.2, 0.25) is 0 Å². The maximum atomic E-state index is 5.64. The summed E-state index contributed by atoms with van der Waals surface area (Å²) < 4.78 is 5.64. The van der Waals surface area contributed by atoms with Gasteiger partial charge in [0.15, 0.2) is 0 Å². The number of hydrogen-bond acceptors (Lipinski definition) is 1. The Balaban J connectivity index is 1.41. The van der Waals surface area contributed by atoms with Crippen LogP contribution in [0.15, 0.2) is 85.5 Å². The summed E-state index contributed by atoms with van der Waals surface area (Å²) in [5.74, 6) is 1.61. The number of ether oxygens (including phenoxy) is 1. The van der Waals surface area contributed by atoms with Crippen molar-refractivity contribution in [1.82, 2.24) is 0 Å². The molecule has 1 aliphatic rings. The molecule has 0 saturated heterocycles. The van der Waals surface area contributed by atoms with E-state index in [-0.39, 0.29) is 0 Å². The highest BCUT2D eigenvalue weighted by Crippen LogP contribution is 2.30. The van der Waals surface area contributed by atoms with Gasteiger partial charge in [0.25, 0.3) is 0 Å². The van der Waals surface area contributed by atoms with Gasteiger partial charge in [-0.15, -0.1) is 6.58 Å². The molecule has 0 unspecified atom stereocenters. The third-order valence-corrected chi connectivity index (χ3v) is 6.27. The molecule has 0 radical (unpaired) electrons. The van der Waals surface area contributed by atoms with Crippen molar-refractivity contribution in [3.05, 3.63) is 96.6 Å². The average Bonchev–Trinajstić information content (AvgIpc) is 2.82. The zero-order chi connectivity index (χ0) is 21.7. The molecule has 0 spiro atoms. The summed E-state index contributed by atoms with van der Waals surface area (Å²) in [5.41, 5.74) is 5.16. The molecule has 3 rings (SSSR count). The Morgan fingerprint density at radius 1 is 0.806 bits per heavy atom. The van der Waals surface area contributed by atoms with Crippen molar-refractivity contribution < 1.29 is 4.74 Å². The zero-order valence-corrected chi connectivity index (χ0v) is 19.1. The highest BCUT2D eigenvalue weighted by molar-refractivity contribution is 5.63. The van der Waals surface area contributed by atoms with Crippen LogP contribution in [-0.2, 0) is 17.8 Å². The monoisotopic (exact) mass is 414 g/mol. The van der Waals surface area contributed by atoms with Crippen LogP contribution in [0, 0.1) is 11.8 Å². The highest BCUT2D eigenvalue weighted by atomic mass is 16.5. The lowest BCUT2D eigenvalue weighted by Crippen LogP contribution is -2.11. The van der Waals surface area contributed by atoms with Gasteiger partial charge in [0, 0.05) is 0 Å². The van der Waals surface area contributed by atoms with E-state index in [1.54, 1.807) is 0 Å². The Hall–Kier alpha value is -2.38. The van der Waals surface area contributed by atoms with Crippen molar-refractivity contribution in [1.29, 1.82) is 0 Å². The Bertz CT molecular complexity index is 818. The van der Waals surface area contributed by atoms with Gasteiger partial charge in [0.05, 0.1) is 13.2 Å². The molecule has 1 fully saturated rings. The van der Waals surface area contributed by atoms with Crippen LogP contribution in [0.5, 0.6) is 0 Å². The average molecular weight is 415 g/mol. The summed E-state index contributed by atoms with van der Waals surface area (Å²) in [4.78, 5) is 0. The van der Waals surface area contributed by atoms with E-state index < -0.39 is 0 Å².